The number of hydrogen-bond donors (Lipinski definition) is 2. The molecule has 0 saturated carbocycles. The van der Waals surface area contributed by atoms with Crippen molar-refractivity contribution in [3.63, 3.8) is 0 Å². The molecule has 4 aromatic rings. The highest BCUT2D eigenvalue weighted by molar-refractivity contribution is 7.18. The van der Waals surface area contributed by atoms with Gasteiger partial charge in [0, 0.05) is 17.0 Å². The summed E-state index contributed by atoms with van der Waals surface area (Å²) in [6.45, 7) is 6.50. The zero-order valence-electron chi connectivity index (χ0n) is 19.4. The van der Waals surface area contributed by atoms with E-state index in [1.165, 1.54) is 20.5 Å². The summed E-state index contributed by atoms with van der Waals surface area (Å²) in [5.74, 6) is 0.703. The zero-order chi connectivity index (χ0) is 24.0. The van der Waals surface area contributed by atoms with Crippen LogP contribution < -0.4 is 21.3 Å². The summed E-state index contributed by atoms with van der Waals surface area (Å²) in [4.78, 5) is 28.4. The number of nitrogen functional groups attached to an aromatic ring is 1. The van der Waals surface area contributed by atoms with E-state index < -0.39 is 0 Å². The lowest BCUT2D eigenvalue weighted by molar-refractivity contribution is -0.675. The molecular weight excluding hydrogens is 452 g/mol. The number of carbonyl (C=O) groups excluding carboxylic acids is 1. The van der Waals surface area contributed by atoms with E-state index in [2.05, 4.69) is 5.32 Å². The first-order valence-electron chi connectivity index (χ1n) is 11.1. The number of thiophene rings is 1. The van der Waals surface area contributed by atoms with E-state index in [1.807, 2.05) is 45.0 Å². The topological polar surface area (TPSA) is 103 Å². The minimum absolute atomic E-state index is 0.133. The average molecular weight is 480 g/mol. The Labute approximate surface area is 200 Å². The molecule has 1 amide bonds. The van der Waals surface area contributed by atoms with Crippen molar-refractivity contribution in [1.82, 2.24) is 4.57 Å². The molecule has 0 aliphatic carbocycles. The maximum Gasteiger partial charge on any atom is 0.501 e. The summed E-state index contributed by atoms with van der Waals surface area (Å²) in [6.07, 6.45) is 2.23. The summed E-state index contributed by atoms with van der Waals surface area (Å²) in [5.41, 5.74) is 8.65. The third-order valence-electron chi connectivity index (χ3n) is 6.14. The maximum absolute atomic E-state index is 13.6. The van der Waals surface area contributed by atoms with Gasteiger partial charge in [0.2, 0.25) is 5.82 Å². The van der Waals surface area contributed by atoms with Crippen molar-refractivity contribution in [3.05, 3.63) is 74.9 Å². The molecule has 5 rings (SSSR count). The quantitative estimate of drug-likeness (QED) is 0.427. The van der Waals surface area contributed by atoms with Crippen molar-refractivity contribution in [2.75, 3.05) is 11.1 Å². The number of nitrogens with one attached hydrogen (secondary N) is 1. The third kappa shape index (κ3) is 4.01. The second-order valence-electron chi connectivity index (χ2n) is 9.19. The molecule has 0 spiro atoms. The van der Waals surface area contributed by atoms with Crippen LogP contribution in [0.3, 0.4) is 0 Å². The highest BCUT2D eigenvalue weighted by Crippen LogP contribution is 2.39. The molecule has 0 atom stereocenters. The SMILES string of the molecule is Cc1ccccc1NC(=O)C[n+]1c(=O)n(Cc2ccco2)c(N)c2c3c(sc21)COC(C)(C)C3. The van der Waals surface area contributed by atoms with Crippen molar-refractivity contribution >= 4 is 39.0 Å². The molecule has 0 bridgehead atoms. The first-order chi connectivity index (χ1) is 16.2. The molecule has 1 aliphatic heterocycles. The number of aromatic nitrogens is 2. The van der Waals surface area contributed by atoms with Crippen LogP contribution in [-0.4, -0.2) is 16.1 Å². The number of carbonyl (C=O) groups is 1. The number of hydrogen-bond acceptors (Lipinski definition) is 6. The number of rotatable bonds is 5. The first-order valence-corrected chi connectivity index (χ1v) is 11.9. The van der Waals surface area contributed by atoms with E-state index in [-0.39, 0.29) is 30.3 Å². The predicted molar refractivity (Wildman–Crippen MR) is 131 cm³/mol. The van der Waals surface area contributed by atoms with Gasteiger partial charge in [-0.3, -0.25) is 4.79 Å². The summed E-state index contributed by atoms with van der Waals surface area (Å²) in [6, 6.07) is 11.1. The highest BCUT2D eigenvalue weighted by atomic mass is 32.1. The number of nitrogens with zero attached hydrogens (tertiary/aromatic N) is 2. The fourth-order valence-electron chi connectivity index (χ4n) is 4.36. The minimum atomic E-state index is -0.361. The predicted octanol–water partition coefficient (Wildman–Crippen LogP) is 3.37. The Kier molecular flexibility index (Phi) is 5.53. The van der Waals surface area contributed by atoms with E-state index in [0.717, 1.165) is 27.1 Å². The average Bonchev–Trinajstić information content (AvgIpc) is 3.43. The normalized spacial score (nSPS) is 14.8. The van der Waals surface area contributed by atoms with E-state index in [1.54, 1.807) is 18.4 Å². The van der Waals surface area contributed by atoms with Gasteiger partial charge in [0.25, 0.3) is 5.91 Å². The number of aryl methyl sites for hydroxylation is 1. The smallest absolute Gasteiger partial charge is 0.465 e. The van der Waals surface area contributed by atoms with Crippen LogP contribution in [0.1, 0.15) is 35.6 Å². The second-order valence-corrected chi connectivity index (χ2v) is 10.3. The van der Waals surface area contributed by atoms with Crippen LogP contribution in [0, 0.1) is 6.92 Å². The van der Waals surface area contributed by atoms with Gasteiger partial charge in [-0.25, -0.2) is 0 Å². The maximum atomic E-state index is 13.6. The summed E-state index contributed by atoms with van der Waals surface area (Å²) >= 11 is 1.46. The van der Waals surface area contributed by atoms with Gasteiger partial charge in [0.15, 0.2) is 17.9 Å². The number of fused-ring (bicyclic) bond motifs is 3. The monoisotopic (exact) mass is 479 g/mol. The van der Waals surface area contributed by atoms with Crippen LogP contribution in [0.5, 0.6) is 0 Å². The first kappa shape index (κ1) is 22.4. The van der Waals surface area contributed by atoms with E-state index >= 15 is 0 Å². The standard InChI is InChI=1S/C25H26N4O4S/c1-15-7-4-5-9-18(15)27-20(30)13-29-23-21(17-11-25(2,3)33-14-19(17)34-23)22(26)28(24(29)31)12-16-8-6-10-32-16/h4-10,26H,11-14H2,1-3H3,(H,27,30)/p+1. The molecule has 9 heteroatoms. The summed E-state index contributed by atoms with van der Waals surface area (Å²) < 4.78 is 14.5. The number of amides is 1. The number of furan rings is 1. The fraction of sp³-hybridized carbons (Fsp3) is 0.320. The van der Waals surface area contributed by atoms with Gasteiger partial charge >= 0.3 is 5.69 Å². The van der Waals surface area contributed by atoms with E-state index in [4.69, 9.17) is 14.9 Å². The molecule has 0 saturated heterocycles. The van der Waals surface area contributed by atoms with E-state index in [0.29, 0.717) is 29.4 Å². The lowest BCUT2D eigenvalue weighted by atomic mass is 9.94. The highest BCUT2D eigenvalue weighted by Gasteiger charge is 2.35. The van der Waals surface area contributed by atoms with Gasteiger partial charge in [-0.05, 0) is 50.1 Å². The molecule has 3 aromatic heterocycles. The molecule has 1 aromatic carbocycles. The number of nitrogens with two attached hydrogens (primary N) is 1. The fourth-order valence-corrected chi connectivity index (χ4v) is 5.59. The third-order valence-corrected chi connectivity index (χ3v) is 7.37. The minimum Gasteiger partial charge on any atom is -0.465 e. The molecule has 1 aliphatic rings. The van der Waals surface area contributed by atoms with Crippen molar-refractivity contribution in [2.45, 2.75) is 52.5 Å². The van der Waals surface area contributed by atoms with Gasteiger partial charge in [-0.1, -0.05) is 29.5 Å². The lowest BCUT2D eigenvalue weighted by Crippen LogP contribution is -2.57. The molecule has 176 valence electrons. The van der Waals surface area contributed by atoms with Crippen LogP contribution in [-0.2, 0) is 35.6 Å². The molecule has 4 heterocycles. The van der Waals surface area contributed by atoms with Crippen molar-refractivity contribution in [1.29, 1.82) is 0 Å². The molecule has 8 nitrogen and oxygen atoms in total. The molecule has 0 unspecified atom stereocenters. The van der Waals surface area contributed by atoms with Crippen LogP contribution >= 0.6 is 11.3 Å². The molecule has 0 fully saturated rings. The molecular formula is C25H27N4O4S+. The largest absolute Gasteiger partial charge is 0.501 e. The Balaban J connectivity index is 1.64. The van der Waals surface area contributed by atoms with Crippen molar-refractivity contribution < 1.29 is 18.5 Å². The van der Waals surface area contributed by atoms with Crippen molar-refractivity contribution in [3.8, 4) is 0 Å². The Bertz CT molecular complexity index is 1450. The van der Waals surface area contributed by atoms with Gasteiger partial charge in [-0.2, -0.15) is 13.9 Å². The molecule has 34 heavy (non-hydrogen) atoms. The van der Waals surface area contributed by atoms with Crippen LogP contribution in [0.15, 0.2) is 51.9 Å². The second kappa shape index (κ2) is 8.41. The van der Waals surface area contributed by atoms with Gasteiger partial charge < -0.3 is 20.2 Å². The Morgan fingerprint density at radius 3 is 2.79 bits per heavy atom. The zero-order valence-corrected chi connectivity index (χ0v) is 20.2. The summed E-state index contributed by atoms with van der Waals surface area (Å²) in [5, 5.41) is 3.74. The van der Waals surface area contributed by atoms with E-state index in [9.17, 15) is 9.59 Å². The summed E-state index contributed by atoms with van der Waals surface area (Å²) in [7, 11) is 0. The van der Waals surface area contributed by atoms with Crippen molar-refractivity contribution in [2.24, 2.45) is 0 Å². The number of benzene rings is 1. The Hall–Kier alpha value is -3.43. The molecule has 3 N–H and O–H groups in total. The molecule has 0 radical (unpaired) electrons. The van der Waals surface area contributed by atoms with Gasteiger partial charge in [-0.15, -0.1) is 0 Å². The number of ether oxygens (including phenoxy) is 1. The van der Waals surface area contributed by atoms with Crippen LogP contribution in [0.25, 0.3) is 10.2 Å². The Morgan fingerprint density at radius 2 is 2.06 bits per heavy atom. The van der Waals surface area contributed by atoms with Crippen LogP contribution in [0.2, 0.25) is 0 Å². The lowest BCUT2D eigenvalue weighted by Gasteiger charge is -2.29. The van der Waals surface area contributed by atoms with Crippen LogP contribution in [0.4, 0.5) is 11.5 Å². The van der Waals surface area contributed by atoms with Gasteiger partial charge in [0.1, 0.15) is 11.1 Å². The van der Waals surface area contributed by atoms with Gasteiger partial charge in [0.05, 0.1) is 18.5 Å². The Morgan fingerprint density at radius 1 is 1.26 bits per heavy atom. The number of anilines is 2. The number of para-hydroxylation sites is 1.